The van der Waals surface area contributed by atoms with Gasteiger partial charge >= 0.3 is 0 Å². The molecular weight excluding hydrogens is 160 g/mol. The lowest BCUT2D eigenvalue weighted by atomic mass is 9.95. The van der Waals surface area contributed by atoms with Crippen LogP contribution in [0.1, 0.15) is 6.92 Å². The molecule has 2 saturated heterocycles. The molecule has 2 aliphatic heterocycles. The molecule has 4 heteroatoms. The fraction of sp³-hybridized carbons (Fsp3) is 1.00. The van der Waals surface area contributed by atoms with Crippen molar-refractivity contribution in [3.63, 3.8) is 0 Å². The summed E-state index contributed by atoms with van der Waals surface area (Å²) < 4.78 is 16.1. The minimum Gasteiger partial charge on any atom is -0.388 e. The van der Waals surface area contributed by atoms with Crippen molar-refractivity contribution in [3.8, 4) is 0 Å². The normalized spacial score (nSPS) is 52.8. The predicted octanol–water partition coefficient (Wildman–Crippen LogP) is -0.450. The first-order valence-corrected chi connectivity index (χ1v) is 4.15. The van der Waals surface area contributed by atoms with Crippen LogP contribution in [-0.2, 0) is 14.2 Å². The number of rotatable bonds is 1. The Morgan fingerprint density at radius 3 is 2.92 bits per heavy atom. The third kappa shape index (κ3) is 0.925. The second-order valence-corrected chi connectivity index (χ2v) is 3.54. The Balaban J connectivity index is 2.19. The molecule has 4 nitrogen and oxygen atoms in total. The van der Waals surface area contributed by atoms with Crippen molar-refractivity contribution in [3.05, 3.63) is 0 Å². The molecule has 0 aromatic heterocycles. The van der Waals surface area contributed by atoms with E-state index in [-0.39, 0.29) is 12.2 Å². The Morgan fingerprint density at radius 1 is 1.50 bits per heavy atom. The van der Waals surface area contributed by atoms with Gasteiger partial charge in [-0.25, -0.2) is 0 Å². The van der Waals surface area contributed by atoms with Crippen molar-refractivity contribution in [1.82, 2.24) is 0 Å². The number of ether oxygens (including phenoxy) is 3. The van der Waals surface area contributed by atoms with Gasteiger partial charge in [0.1, 0.15) is 23.9 Å². The van der Waals surface area contributed by atoms with Gasteiger partial charge in [0, 0.05) is 7.11 Å². The Morgan fingerprint density at radius 2 is 2.25 bits per heavy atom. The zero-order chi connectivity index (χ0) is 8.77. The van der Waals surface area contributed by atoms with Crippen molar-refractivity contribution in [2.75, 3.05) is 20.3 Å². The van der Waals surface area contributed by atoms with Gasteiger partial charge in [0.25, 0.3) is 0 Å². The highest BCUT2D eigenvalue weighted by atomic mass is 16.6. The summed E-state index contributed by atoms with van der Waals surface area (Å²) in [5, 5.41) is 9.47. The molecule has 0 spiro atoms. The highest BCUT2D eigenvalue weighted by molar-refractivity contribution is 5.05. The minimum atomic E-state index is -0.504. The summed E-state index contributed by atoms with van der Waals surface area (Å²) in [6, 6.07) is 0. The molecule has 0 amide bonds. The van der Waals surface area contributed by atoms with Crippen molar-refractivity contribution in [1.29, 1.82) is 0 Å². The number of hydrogen-bond donors (Lipinski definition) is 1. The summed E-state index contributed by atoms with van der Waals surface area (Å²) in [6.07, 6.45) is -0.780. The summed E-state index contributed by atoms with van der Waals surface area (Å²) in [5.74, 6) is 0. The third-order valence-electron chi connectivity index (χ3n) is 2.83. The monoisotopic (exact) mass is 174 g/mol. The number of aliphatic hydroxyl groups is 1. The van der Waals surface area contributed by atoms with E-state index in [9.17, 15) is 5.11 Å². The van der Waals surface area contributed by atoms with Crippen LogP contribution in [0, 0.1) is 0 Å². The van der Waals surface area contributed by atoms with Gasteiger partial charge in [0.05, 0.1) is 13.2 Å². The largest absolute Gasteiger partial charge is 0.388 e. The Labute approximate surface area is 71.4 Å². The summed E-state index contributed by atoms with van der Waals surface area (Å²) in [6.45, 7) is 2.78. The van der Waals surface area contributed by atoms with Crippen LogP contribution < -0.4 is 0 Å². The van der Waals surface area contributed by atoms with Crippen molar-refractivity contribution in [2.45, 2.75) is 30.8 Å². The number of hydrogen-bond acceptors (Lipinski definition) is 4. The zero-order valence-corrected chi connectivity index (χ0v) is 7.32. The zero-order valence-electron chi connectivity index (χ0n) is 7.32. The molecule has 0 unspecified atom stereocenters. The Hall–Kier alpha value is -0.160. The summed E-state index contributed by atoms with van der Waals surface area (Å²) in [7, 11) is 1.63. The van der Waals surface area contributed by atoms with E-state index in [2.05, 4.69) is 0 Å². The summed E-state index contributed by atoms with van der Waals surface area (Å²) >= 11 is 0. The molecule has 4 atom stereocenters. The number of fused-ring (bicyclic) bond motifs is 1. The molecule has 0 radical (unpaired) electrons. The molecule has 0 aromatic rings. The third-order valence-corrected chi connectivity index (χ3v) is 2.83. The Bertz CT molecular complexity index is 184. The molecule has 2 aliphatic rings. The minimum absolute atomic E-state index is 0.0559. The maximum Gasteiger partial charge on any atom is 0.122 e. The van der Waals surface area contributed by atoms with Crippen LogP contribution in [0.5, 0.6) is 0 Å². The highest BCUT2D eigenvalue weighted by Gasteiger charge is 2.57. The van der Waals surface area contributed by atoms with Gasteiger partial charge in [-0.1, -0.05) is 0 Å². The molecular formula is C8H14O4. The van der Waals surface area contributed by atoms with E-state index in [0.29, 0.717) is 13.2 Å². The van der Waals surface area contributed by atoms with Crippen molar-refractivity contribution in [2.24, 2.45) is 0 Å². The second-order valence-electron chi connectivity index (χ2n) is 3.54. The summed E-state index contributed by atoms with van der Waals surface area (Å²) in [4.78, 5) is 0. The number of methoxy groups -OCH3 is 1. The summed E-state index contributed by atoms with van der Waals surface area (Å²) in [5.41, 5.74) is -0.450. The van der Waals surface area contributed by atoms with Gasteiger partial charge in [-0.15, -0.1) is 0 Å². The lowest BCUT2D eigenvalue weighted by Crippen LogP contribution is -2.44. The first-order valence-electron chi connectivity index (χ1n) is 4.15. The SMILES string of the molecule is CO[C@@H]1CO[C@@H]2[C@H](O)CO[C@@]21C. The predicted molar refractivity (Wildman–Crippen MR) is 40.9 cm³/mol. The van der Waals surface area contributed by atoms with E-state index in [1.165, 1.54) is 0 Å². The molecule has 70 valence electrons. The molecule has 2 rings (SSSR count). The van der Waals surface area contributed by atoms with Gasteiger partial charge in [-0.3, -0.25) is 0 Å². The van der Waals surface area contributed by atoms with E-state index in [1.54, 1.807) is 7.11 Å². The van der Waals surface area contributed by atoms with Crippen LogP contribution in [0.3, 0.4) is 0 Å². The molecule has 1 N–H and O–H groups in total. The van der Waals surface area contributed by atoms with Gasteiger partial charge in [-0.05, 0) is 6.92 Å². The van der Waals surface area contributed by atoms with Crippen LogP contribution in [-0.4, -0.2) is 49.3 Å². The molecule has 0 saturated carbocycles. The molecule has 2 heterocycles. The van der Waals surface area contributed by atoms with E-state index in [1.807, 2.05) is 6.92 Å². The maximum atomic E-state index is 9.47. The van der Waals surface area contributed by atoms with Gasteiger partial charge < -0.3 is 19.3 Å². The standard InChI is InChI=1S/C8H14O4/c1-8-6(10-2)4-11-7(8)5(9)3-12-8/h5-7,9H,3-4H2,1-2H3/t5-,6-,7-,8-/m1/s1. The van der Waals surface area contributed by atoms with E-state index < -0.39 is 11.7 Å². The van der Waals surface area contributed by atoms with Crippen molar-refractivity contribution < 1.29 is 19.3 Å². The topological polar surface area (TPSA) is 47.9 Å². The van der Waals surface area contributed by atoms with Gasteiger partial charge in [0.2, 0.25) is 0 Å². The van der Waals surface area contributed by atoms with Gasteiger partial charge in [0.15, 0.2) is 0 Å². The van der Waals surface area contributed by atoms with Crippen LogP contribution in [0.2, 0.25) is 0 Å². The Kier molecular flexibility index (Phi) is 1.88. The molecule has 0 aromatic carbocycles. The molecule has 0 bridgehead atoms. The van der Waals surface area contributed by atoms with Crippen LogP contribution >= 0.6 is 0 Å². The van der Waals surface area contributed by atoms with Crippen LogP contribution in [0.4, 0.5) is 0 Å². The maximum absolute atomic E-state index is 9.47. The molecule has 0 aliphatic carbocycles. The van der Waals surface area contributed by atoms with E-state index in [0.717, 1.165) is 0 Å². The lowest BCUT2D eigenvalue weighted by molar-refractivity contribution is -0.0773. The van der Waals surface area contributed by atoms with Crippen molar-refractivity contribution >= 4 is 0 Å². The second kappa shape index (κ2) is 2.67. The first kappa shape index (κ1) is 8.44. The molecule has 12 heavy (non-hydrogen) atoms. The van der Waals surface area contributed by atoms with Crippen LogP contribution in [0.25, 0.3) is 0 Å². The first-order chi connectivity index (χ1) is 5.68. The fourth-order valence-electron chi connectivity index (χ4n) is 2.03. The quantitative estimate of drug-likeness (QED) is 0.585. The van der Waals surface area contributed by atoms with Gasteiger partial charge in [-0.2, -0.15) is 0 Å². The average Bonchev–Trinajstić information content (AvgIpc) is 2.50. The van der Waals surface area contributed by atoms with Crippen LogP contribution in [0.15, 0.2) is 0 Å². The van der Waals surface area contributed by atoms with E-state index in [4.69, 9.17) is 14.2 Å². The van der Waals surface area contributed by atoms with E-state index >= 15 is 0 Å². The molecule has 2 fully saturated rings. The fourth-order valence-corrected chi connectivity index (χ4v) is 2.03. The average molecular weight is 174 g/mol. The highest BCUT2D eigenvalue weighted by Crippen LogP contribution is 2.38. The number of aliphatic hydroxyl groups excluding tert-OH is 1. The smallest absolute Gasteiger partial charge is 0.122 e. The lowest BCUT2D eigenvalue weighted by Gasteiger charge is -2.26.